The van der Waals surface area contributed by atoms with Crippen LogP contribution in [-0.4, -0.2) is 19.6 Å². The number of rotatable bonds is 5. The van der Waals surface area contributed by atoms with Crippen molar-refractivity contribution < 1.29 is 0 Å². The van der Waals surface area contributed by atoms with Gasteiger partial charge in [0.2, 0.25) is 0 Å². The minimum Gasteiger partial charge on any atom is -0.253 e. The monoisotopic (exact) mass is 459 g/mol. The highest BCUT2D eigenvalue weighted by Gasteiger charge is 2.46. The predicted molar refractivity (Wildman–Crippen MR) is 142 cm³/mol. The molecule has 0 N–H and O–H groups in total. The number of hydrogen-bond donors (Lipinski definition) is 0. The molecule has 5 heteroatoms. The van der Waals surface area contributed by atoms with Gasteiger partial charge < -0.3 is 0 Å². The number of pyridine rings is 2. The molecule has 0 atom stereocenters. The highest BCUT2D eigenvalue weighted by atomic mass is 31.2. The number of aromatic nitrogens is 4. The molecular weight excluding hydrogens is 435 g/mol. The van der Waals surface area contributed by atoms with Crippen molar-refractivity contribution >= 4 is 39.7 Å². The first kappa shape index (κ1) is 20.7. The molecule has 0 saturated carbocycles. The van der Waals surface area contributed by atoms with Gasteiger partial charge in [-0.05, 0) is 61.5 Å². The largest absolute Gasteiger partial charge is 0.253 e. The standard InChI is InChI=1S/C29H24N4P/c1-22-17-18-26-27(30-22)19-20-33-29(26)31-28(32-33)21-34(23-11-5-2-6-12-23,24-13-7-3-8-14-24)25-15-9-4-10-16-25/h2-20H,21H2,1H3/q+1. The second-order valence-corrected chi connectivity index (χ2v) is 12.0. The molecule has 3 heterocycles. The molecule has 0 spiro atoms. The fourth-order valence-electron chi connectivity index (χ4n) is 4.74. The molecule has 6 rings (SSSR count). The van der Waals surface area contributed by atoms with Gasteiger partial charge in [-0.3, -0.25) is 4.98 Å². The van der Waals surface area contributed by atoms with Gasteiger partial charge >= 0.3 is 0 Å². The molecule has 0 aliphatic carbocycles. The highest BCUT2D eigenvalue weighted by Crippen LogP contribution is 2.57. The van der Waals surface area contributed by atoms with Gasteiger partial charge in [-0.2, -0.15) is 0 Å². The van der Waals surface area contributed by atoms with E-state index >= 15 is 0 Å². The van der Waals surface area contributed by atoms with E-state index in [1.165, 1.54) is 15.9 Å². The quantitative estimate of drug-likeness (QED) is 0.338. The second kappa shape index (κ2) is 8.48. The number of hydrogen-bond acceptors (Lipinski definition) is 3. The Morgan fingerprint density at radius 3 is 1.76 bits per heavy atom. The average molecular weight is 460 g/mol. The van der Waals surface area contributed by atoms with Gasteiger partial charge in [0.15, 0.2) is 11.5 Å². The normalized spacial score (nSPS) is 11.8. The van der Waals surface area contributed by atoms with Crippen molar-refractivity contribution in [3.05, 3.63) is 127 Å². The van der Waals surface area contributed by atoms with Crippen molar-refractivity contribution in [2.75, 3.05) is 0 Å². The minimum atomic E-state index is -2.05. The van der Waals surface area contributed by atoms with Gasteiger partial charge in [0.25, 0.3) is 0 Å². The van der Waals surface area contributed by atoms with Gasteiger partial charge in [-0.15, -0.1) is 5.10 Å². The lowest BCUT2D eigenvalue weighted by atomic mass is 10.2. The van der Waals surface area contributed by atoms with Crippen LogP contribution >= 0.6 is 7.26 Å². The van der Waals surface area contributed by atoms with Gasteiger partial charge in [-0.1, -0.05) is 54.6 Å². The Morgan fingerprint density at radius 2 is 1.21 bits per heavy atom. The Bertz CT molecular complexity index is 1480. The summed E-state index contributed by atoms with van der Waals surface area (Å²) in [6, 6.07) is 38.7. The summed E-state index contributed by atoms with van der Waals surface area (Å²) in [6.07, 6.45) is 2.71. The van der Waals surface area contributed by atoms with E-state index in [0.717, 1.165) is 34.2 Å². The van der Waals surface area contributed by atoms with Crippen LogP contribution in [0.1, 0.15) is 11.5 Å². The Labute approximate surface area is 199 Å². The molecule has 0 aliphatic heterocycles. The lowest BCUT2D eigenvalue weighted by Crippen LogP contribution is -2.32. The van der Waals surface area contributed by atoms with Crippen molar-refractivity contribution in [2.45, 2.75) is 13.1 Å². The molecule has 34 heavy (non-hydrogen) atoms. The van der Waals surface area contributed by atoms with Crippen molar-refractivity contribution in [1.29, 1.82) is 0 Å². The fourth-order valence-corrected chi connectivity index (χ4v) is 8.78. The number of benzene rings is 3. The van der Waals surface area contributed by atoms with Crippen molar-refractivity contribution in [3.8, 4) is 0 Å². The summed E-state index contributed by atoms with van der Waals surface area (Å²) in [6.45, 7) is 2.01. The van der Waals surface area contributed by atoms with E-state index < -0.39 is 7.26 Å². The van der Waals surface area contributed by atoms with Crippen LogP contribution in [0, 0.1) is 6.92 Å². The van der Waals surface area contributed by atoms with E-state index in [-0.39, 0.29) is 0 Å². The SMILES string of the molecule is Cc1ccc2c(ccn3nc(C[P+](c4ccccc4)(c4ccccc4)c4ccccc4)nc23)n1. The zero-order chi connectivity index (χ0) is 23.0. The van der Waals surface area contributed by atoms with Crippen LogP contribution in [-0.2, 0) is 6.16 Å². The molecule has 6 aromatic rings. The second-order valence-electron chi connectivity index (χ2n) is 8.47. The summed E-state index contributed by atoms with van der Waals surface area (Å²) in [5.74, 6) is 0.845. The third-order valence-corrected chi connectivity index (χ3v) is 10.6. The van der Waals surface area contributed by atoms with Crippen LogP contribution in [0.25, 0.3) is 16.6 Å². The molecule has 3 aromatic carbocycles. The smallest absolute Gasteiger partial charge is 0.190 e. The summed E-state index contributed by atoms with van der Waals surface area (Å²) in [5, 5.41) is 9.96. The number of fused-ring (bicyclic) bond motifs is 3. The van der Waals surface area contributed by atoms with E-state index in [2.05, 4.69) is 102 Å². The molecule has 0 saturated heterocycles. The summed E-state index contributed by atoms with van der Waals surface area (Å²) in [4.78, 5) is 9.75. The third-order valence-electron chi connectivity index (χ3n) is 6.32. The number of aryl methyl sites for hydroxylation is 1. The lowest BCUT2D eigenvalue weighted by Gasteiger charge is -2.26. The zero-order valence-corrected chi connectivity index (χ0v) is 19.8. The van der Waals surface area contributed by atoms with Crippen LogP contribution in [0.4, 0.5) is 0 Å². The van der Waals surface area contributed by atoms with Crippen LogP contribution in [0.5, 0.6) is 0 Å². The van der Waals surface area contributed by atoms with Crippen molar-refractivity contribution in [3.63, 3.8) is 0 Å². The molecule has 0 radical (unpaired) electrons. The molecule has 4 nitrogen and oxygen atoms in total. The molecule has 164 valence electrons. The molecular formula is C29H24N4P+. The first-order valence-corrected chi connectivity index (χ1v) is 13.4. The number of nitrogens with zero attached hydrogens (tertiary/aromatic N) is 4. The molecule has 0 unspecified atom stereocenters. The van der Waals surface area contributed by atoms with E-state index in [0.29, 0.717) is 0 Å². The van der Waals surface area contributed by atoms with Gasteiger partial charge in [0.1, 0.15) is 29.3 Å². The van der Waals surface area contributed by atoms with Gasteiger partial charge in [-0.25, -0.2) is 9.50 Å². The molecule has 0 fully saturated rings. The lowest BCUT2D eigenvalue weighted by molar-refractivity contribution is 0.925. The molecule has 0 bridgehead atoms. The minimum absolute atomic E-state index is 0.744. The average Bonchev–Trinajstić information content (AvgIpc) is 3.31. The fraction of sp³-hybridized carbons (Fsp3) is 0.0690. The van der Waals surface area contributed by atoms with Gasteiger partial charge in [0.05, 0.1) is 5.52 Å². The Kier molecular flexibility index (Phi) is 5.16. The topological polar surface area (TPSA) is 43.1 Å². The van der Waals surface area contributed by atoms with Gasteiger partial charge in [0, 0.05) is 17.3 Å². The maximum absolute atomic E-state index is 5.07. The summed E-state index contributed by atoms with van der Waals surface area (Å²) in [7, 11) is -2.05. The maximum atomic E-state index is 5.07. The Hall–Kier alpha value is -3.88. The summed E-state index contributed by atoms with van der Waals surface area (Å²) in [5.41, 5.74) is 2.80. The first-order valence-electron chi connectivity index (χ1n) is 11.4. The molecule has 3 aromatic heterocycles. The van der Waals surface area contributed by atoms with E-state index in [1.54, 1.807) is 0 Å². The van der Waals surface area contributed by atoms with E-state index in [4.69, 9.17) is 10.1 Å². The van der Waals surface area contributed by atoms with Crippen molar-refractivity contribution in [1.82, 2.24) is 19.6 Å². The van der Waals surface area contributed by atoms with Crippen molar-refractivity contribution in [2.24, 2.45) is 0 Å². The van der Waals surface area contributed by atoms with Crippen LogP contribution in [0.2, 0.25) is 0 Å². The maximum Gasteiger partial charge on any atom is 0.190 e. The predicted octanol–water partition coefficient (Wildman–Crippen LogP) is 5.08. The Balaban J connectivity index is 1.60. The Morgan fingerprint density at radius 1 is 0.647 bits per heavy atom. The highest BCUT2D eigenvalue weighted by molar-refractivity contribution is 7.95. The summed E-state index contributed by atoms with van der Waals surface area (Å²) < 4.78 is 1.89. The first-order chi connectivity index (χ1) is 16.7. The van der Waals surface area contributed by atoms with Crippen LogP contribution in [0.3, 0.4) is 0 Å². The van der Waals surface area contributed by atoms with E-state index in [9.17, 15) is 0 Å². The van der Waals surface area contributed by atoms with Crippen LogP contribution < -0.4 is 15.9 Å². The molecule has 0 amide bonds. The van der Waals surface area contributed by atoms with Crippen LogP contribution in [0.15, 0.2) is 115 Å². The summed E-state index contributed by atoms with van der Waals surface area (Å²) >= 11 is 0. The third kappa shape index (κ3) is 3.48. The zero-order valence-electron chi connectivity index (χ0n) is 18.9. The van der Waals surface area contributed by atoms with E-state index in [1.807, 2.05) is 29.8 Å². The molecule has 0 aliphatic rings.